The van der Waals surface area contributed by atoms with Gasteiger partial charge in [-0.15, -0.1) is 0 Å². The van der Waals surface area contributed by atoms with E-state index in [9.17, 15) is 44.5 Å². The summed E-state index contributed by atoms with van der Waals surface area (Å²) >= 11 is 0.0287. The van der Waals surface area contributed by atoms with E-state index < -0.39 is 56.0 Å². The Hall–Kier alpha value is -2.33. The van der Waals surface area contributed by atoms with Crippen molar-refractivity contribution < 1.29 is 75.2 Å². The van der Waals surface area contributed by atoms with Crippen LogP contribution in [-0.4, -0.2) is 48.0 Å². The van der Waals surface area contributed by atoms with Crippen molar-refractivity contribution in [2.75, 3.05) is 0 Å². The normalized spacial score (nSPS) is 26.5. The number of esters is 2. The van der Waals surface area contributed by atoms with E-state index in [1.54, 1.807) is 20.8 Å². The lowest BCUT2D eigenvalue weighted by Crippen LogP contribution is -3.61. The number of halogens is 6. The van der Waals surface area contributed by atoms with Gasteiger partial charge in [0.2, 0.25) is 0 Å². The minimum Gasteiger partial charge on any atom is -0.743 e. The molecule has 0 heterocycles. The quantitative estimate of drug-likeness (QED) is 0.165. The van der Waals surface area contributed by atoms with Gasteiger partial charge in [-0.25, -0.2) is 8.42 Å². The summed E-state index contributed by atoms with van der Waals surface area (Å²) in [6.45, 7) is 5.11. The highest BCUT2D eigenvalue weighted by molar-refractivity contribution is 7.86. The Balaban J connectivity index is 0.000000305. The molecule has 4 aliphatic carbocycles. The topological polar surface area (TPSA) is 110 Å². The molecule has 4 aliphatic rings. The smallest absolute Gasteiger partial charge is 0.432 e. The number of hydrogen-bond acceptors (Lipinski definition) is 7. The van der Waals surface area contributed by atoms with Crippen LogP contribution < -0.4 is 21.2 Å². The van der Waals surface area contributed by atoms with Gasteiger partial charge in [-0.1, -0.05) is 43.3 Å². The standard InChI is InChI=1S/C20H27F5O7S.C12H10I/c1-4-16(2,3)14(26)32-18-8-11-5-12(9-18)7-17(6-11,10-18)15(27)31-13(19(21,22)23)20(24,25)33(28,29)30;1-3-7-11(8-4-1)13-12-9-5-2-6-10-12/h11-13H,4-10H2,1-3H3,(H,28,29,30);1-10H/q;+1/p-1. The fourth-order valence-corrected chi connectivity index (χ4v) is 9.50. The first kappa shape index (κ1) is 36.5. The van der Waals surface area contributed by atoms with Gasteiger partial charge in [-0.2, -0.15) is 22.0 Å². The first-order valence-electron chi connectivity index (χ1n) is 14.8. The predicted octanol–water partition coefficient (Wildman–Crippen LogP) is 3.73. The summed E-state index contributed by atoms with van der Waals surface area (Å²) in [4.78, 5) is 25.6. The highest BCUT2D eigenvalue weighted by Gasteiger charge is 2.67. The molecule has 2 aromatic rings. The number of carbonyl (C=O) groups is 2. The van der Waals surface area contributed by atoms with Crippen molar-refractivity contribution >= 4 is 22.1 Å². The summed E-state index contributed by atoms with van der Waals surface area (Å²) < 4.78 is 113. The molecule has 0 aromatic heterocycles. The zero-order chi connectivity index (χ0) is 34.2. The first-order chi connectivity index (χ1) is 21.2. The molecule has 0 aliphatic heterocycles. The minimum atomic E-state index is -6.78. The van der Waals surface area contributed by atoms with Crippen LogP contribution in [0.4, 0.5) is 22.0 Å². The Morgan fingerprint density at radius 3 is 1.80 bits per heavy atom. The van der Waals surface area contributed by atoms with Crippen molar-refractivity contribution in [3.8, 4) is 0 Å². The van der Waals surface area contributed by atoms with Crippen molar-refractivity contribution in [3.63, 3.8) is 0 Å². The fourth-order valence-electron chi connectivity index (χ4n) is 6.79. The van der Waals surface area contributed by atoms with Crippen LogP contribution >= 0.6 is 0 Å². The molecule has 0 N–H and O–H groups in total. The second kappa shape index (κ2) is 13.3. The lowest BCUT2D eigenvalue weighted by molar-refractivity contribution is -0.597. The molecule has 0 saturated heterocycles. The van der Waals surface area contributed by atoms with Gasteiger partial charge >= 0.3 is 44.6 Å². The number of benzene rings is 2. The van der Waals surface area contributed by atoms with Gasteiger partial charge in [0.25, 0.3) is 6.10 Å². The summed E-state index contributed by atoms with van der Waals surface area (Å²) in [7, 11) is -6.78. The highest BCUT2D eigenvalue weighted by atomic mass is 127. The van der Waals surface area contributed by atoms with Crippen LogP contribution in [0.25, 0.3) is 0 Å². The maximum atomic E-state index is 13.9. The van der Waals surface area contributed by atoms with Crippen LogP contribution in [0.5, 0.6) is 0 Å². The molecule has 0 radical (unpaired) electrons. The van der Waals surface area contributed by atoms with Crippen molar-refractivity contribution in [3.05, 3.63) is 67.8 Å². The molecule has 4 bridgehead atoms. The lowest BCUT2D eigenvalue weighted by atomic mass is 9.48. The Bertz CT molecular complexity index is 1450. The Kier molecular flexibility index (Phi) is 10.5. The second-order valence-electron chi connectivity index (χ2n) is 13.1. The molecular weight excluding hydrogens is 750 g/mol. The molecule has 4 fully saturated rings. The Morgan fingerprint density at radius 2 is 1.39 bits per heavy atom. The van der Waals surface area contributed by atoms with Crippen LogP contribution in [0.2, 0.25) is 0 Å². The maximum Gasteiger partial charge on any atom is 0.432 e. The number of rotatable bonds is 9. The number of alkyl halides is 5. The number of hydrogen-bond donors (Lipinski definition) is 0. The van der Waals surface area contributed by atoms with Gasteiger partial charge in [0.05, 0.1) is 10.8 Å². The molecule has 7 nitrogen and oxygen atoms in total. The van der Waals surface area contributed by atoms with E-state index in [4.69, 9.17) is 4.74 Å². The van der Waals surface area contributed by atoms with Gasteiger partial charge in [0, 0.05) is 6.42 Å². The van der Waals surface area contributed by atoms with E-state index in [-0.39, 0.29) is 52.3 Å². The molecule has 14 heteroatoms. The number of carbonyl (C=O) groups excluding carboxylic acids is 2. The molecule has 0 spiro atoms. The SMILES string of the molecule is CCC(C)(C)C(=O)OC12CC3CC(C1)CC(C(=O)OC(C(F)(F)F)C(F)(F)S(=O)(=O)[O-])(C3)C2.c1ccc([I+]c2ccccc2)cc1. The monoisotopic (exact) mass is 786 g/mol. The number of ether oxygens (including phenoxy) is 2. The van der Waals surface area contributed by atoms with E-state index in [1.807, 2.05) is 0 Å². The van der Waals surface area contributed by atoms with Gasteiger partial charge in [-0.3, -0.25) is 9.59 Å². The van der Waals surface area contributed by atoms with Crippen LogP contribution in [0.3, 0.4) is 0 Å². The van der Waals surface area contributed by atoms with E-state index in [0.717, 1.165) is 0 Å². The molecule has 6 rings (SSSR count). The average Bonchev–Trinajstić information content (AvgIpc) is 2.95. The van der Waals surface area contributed by atoms with Crippen LogP contribution in [0.15, 0.2) is 60.7 Å². The van der Waals surface area contributed by atoms with Gasteiger partial charge in [0.15, 0.2) is 17.3 Å². The van der Waals surface area contributed by atoms with Crippen molar-refractivity contribution in [1.29, 1.82) is 0 Å². The third-order valence-electron chi connectivity index (χ3n) is 9.03. The Labute approximate surface area is 275 Å². The zero-order valence-electron chi connectivity index (χ0n) is 25.5. The van der Waals surface area contributed by atoms with Gasteiger partial charge in [0.1, 0.15) is 5.60 Å². The van der Waals surface area contributed by atoms with E-state index >= 15 is 0 Å². The van der Waals surface area contributed by atoms with Crippen LogP contribution in [-0.2, 0) is 29.2 Å². The molecule has 254 valence electrons. The molecule has 2 aromatic carbocycles. The summed E-state index contributed by atoms with van der Waals surface area (Å²) in [5.74, 6) is -2.60. The van der Waals surface area contributed by atoms with Gasteiger partial charge in [-0.05, 0) is 88.5 Å². The third-order valence-corrected chi connectivity index (χ3v) is 12.6. The molecule has 46 heavy (non-hydrogen) atoms. The van der Waals surface area contributed by atoms with Crippen molar-refractivity contribution in [1.82, 2.24) is 0 Å². The van der Waals surface area contributed by atoms with E-state index in [0.29, 0.717) is 25.7 Å². The zero-order valence-corrected chi connectivity index (χ0v) is 28.5. The summed E-state index contributed by atoms with van der Waals surface area (Å²) in [6, 6.07) is 21.4. The summed E-state index contributed by atoms with van der Waals surface area (Å²) in [6.07, 6.45) is -8.71. The third kappa shape index (κ3) is 8.03. The van der Waals surface area contributed by atoms with Crippen LogP contribution in [0.1, 0.15) is 65.7 Å². The average molecular weight is 787 g/mol. The van der Waals surface area contributed by atoms with E-state index in [1.165, 1.54) is 7.14 Å². The van der Waals surface area contributed by atoms with E-state index in [2.05, 4.69) is 65.4 Å². The first-order valence-corrected chi connectivity index (χ1v) is 18.4. The molecular formula is C32H36F5IO7S. The molecule has 3 unspecified atom stereocenters. The fraction of sp³-hybridized carbons (Fsp3) is 0.562. The summed E-state index contributed by atoms with van der Waals surface area (Å²) in [5, 5.41) is -5.90. The van der Waals surface area contributed by atoms with Crippen LogP contribution in [0, 0.1) is 29.8 Å². The Morgan fingerprint density at radius 1 is 0.913 bits per heavy atom. The molecule has 0 amide bonds. The summed E-state index contributed by atoms with van der Waals surface area (Å²) in [5.41, 5.74) is -3.64. The largest absolute Gasteiger partial charge is 0.743 e. The lowest BCUT2D eigenvalue weighted by Gasteiger charge is -2.60. The molecule has 4 saturated carbocycles. The van der Waals surface area contributed by atoms with Gasteiger partial charge < -0.3 is 14.0 Å². The van der Waals surface area contributed by atoms with Crippen molar-refractivity contribution in [2.45, 2.75) is 88.9 Å². The highest BCUT2D eigenvalue weighted by Crippen LogP contribution is 2.63. The minimum absolute atomic E-state index is 0.0287. The maximum absolute atomic E-state index is 13.9. The predicted molar refractivity (Wildman–Crippen MR) is 151 cm³/mol. The second-order valence-corrected chi connectivity index (χ2v) is 17.6. The molecule has 3 atom stereocenters. The van der Waals surface area contributed by atoms with Crippen molar-refractivity contribution in [2.24, 2.45) is 22.7 Å².